The van der Waals surface area contributed by atoms with Crippen LogP contribution in [0.2, 0.25) is 0 Å². The summed E-state index contributed by atoms with van der Waals surface area (Å²) in [5.74, 6) is 0. The highest BCUT2D eigenvalue weighted by Crippen LogP contribution is 2.31. The topological polar surface area (TPSA) is 42.3 Å². The van der Waals surface area contributed by atoms with Gasteiger partial charge in [0.2, 0.25) is 0 Å². The average molecular weight is 284 g/mol. The summed E-state index contributed by atoms with van der Waals surface area (Å²) >= 11 is 0. The summed E-state index contributed by atoms with van der Waals surface area (Å²) in [6.07, 6.45) is 0. The van der Waals surface area contributed by atoms with Crippen LogP contribution in [0.5, 0.6) is 0 Å². The first-order valence-corrected chi connectivity index (χ1v) is 7.08. The lowest BCUT2D eigenvalue weighted by atomic mass is 10.0. The third-order valence-electron chi connectivity index (χ3n) is 3.86. The van der Waals surface area contributed by atoms with Gasteiger partial charge in [-0.05, 0) is 28.1 Å². The quantitative estimate of drug-likeness (QED) is 0.459. The number of hydrogen-bond donors (Lipinski definition) is 0. The summed E-state index contributed by atoms with van der Waals surface area (Å²) in [7, 11) is 0. The Balaban J connectivity index is 2.02. The molecule has 0 aliphatic heterocycles. The molecule has 0 N–H and O–H groups in total. The summed E-state index contributed by atoms with van der Waals surface area (Å²) in [5.41, 5.74) is 2.92. The Morgan fingerprint density at radius 1 is 0.727 bits per heavy atom. The fraction of sp³-hybridized carbons (Fsp3) is 0. The standard InChI is InChI=1S/C19H12N2O/c22-21-18-10-4-7-14-11-12-17(20-19(14)18)16-9-3-6-13-5-1-2-8-15(13)16/h1-12H. The zero-order chi connectivity index (χ0) is 14.9. The van der Waals surface area contributed by atoms with Crippen LogP contribution >= 0.6 is 0 Å². The van der Waals surface area contributed by atoms with Gasteiger partial charge in [0, 0.05) is 10.9 Å². The lowest BCUT2D eigenvalue weighted by molar-refractivity contribution is 1.38. The van der Waals surface area contributed by atoms with Gasteiger partial charge in [-0.15, -0.1) is 4.91 Å². The van der Waals surface area contributed by atoms with E-state index in [9.17, 15) is 4.91 Å². The van der Waals surface area contributed by atoms with Gasteiger partial charge in [0.25, 0.3) is 0 Å². The number of para-hydroxylation sites is 1. The number of rotatable bonds is 2. The van der Waals surface area contributed by atoms with E-state index in [2.05, 4.69) is 28.4 Å². The van der Waals surface area contributed by atoms with Gasteiger partial charge in [0.05, 0.1) is 5.69 Å². The maximum absolute atomic E-state index is 11.0. The number of nitroso groups, excluding NO2 is 1. The van der Waals surface area contributed by atoms with Gasteiger partial charge >= 0.3 is 0 Å². The number of hydrogen-bond acceptors (Lipinski definition) is 3. The van der Waals surface area contributed by atoms with Crippen molar-refractivity contribution in [2.45, 2.75) is 0 Å². The maximum atomic E-state index is 11.0. The SMILES string of the molecule is O=Nc1cccc2ccc(-c3cccc4ccccc34)nc12. The van der Waals surface area contributed by atoms with E-state index in [-0.39, 0.29) is 0 Å². The average Bonchev–Trinajstić information content (AvgIpc) is 2.60. The lowest BCUT2D eigenvalue weighted by Crippen LogP contribution is -1.87. The minimum atomic E-state index is 0.375. The summed E-state index contributed by atoms with van der Waals surface area (Å²) in [5, 5.41) is 6.32. The molecule has 0 bridgehead atoms. The molecule has 1 aromatic heterocycles. The fourth-order valence-corrected chi connectivity index (χ4v) is 2.80. The molecule has 0 saturated carbocycles. The van der Waals surface area contributed by atoms with Crippen LogP contribution in [0, 0.1) is 4.91 Å². The fourth-order valence-electron chi connectivity index (χ4n) is 2.80. The van der Waals surface area contributed by atoms with Crippen LogP contribution in [0.15, 0.2) is 78.0 Å². The molecule has 0 unspecified atom stereocenters. The second-order valence-electron chi connectivity index (χ2n) is 5.16. The van der Waals surface area contributed by atoms with Crippen molar-refractivity contribution >= 4 is 27.4 Å². The Labute approximate surface area is 127 Å². The van der Waals surface area contributed by atoms with Gasteiger partial charge in [0.15, 0.2) is 0 Å². The molecule has 0 radical (unpaired) electrons. The highest BCUT2D eigenvalue weighted by atomic mass is 16.3. The molecule has 3 nitrogen and oxygen atoms in total. The largest absolute Gasteiger partial charge is 0.245 e. The molecular weight excluding hydrogens is 272 g/mol. The van der Waals surface area contributed by atoms with E-state index in [0.29, 0.717) is 11.2 Å². The molecule has 0 fully saturated rings. The van der Waals surface area contributed by atoms with E-state index < -0.39 is 0 Å². The molecule has 0 saturated heterocycles. The molecule has 0 amide bonds. The predicted molar refractivity (Wildman–Crippen MR) is 90.1 cm³/mol. The van der Waals surface area contributed by atoms with Gasteiger partial charge in [-0.3, -0.25) is 0 Å². The van der Waals surface area contributed by atoms with Crippen LogP contribution in [0.25, 0.3) is 32.9 Å². The van der Waals surface area contributed by atoms with E-state index in [0.717, 1.165) is 22.0 Å². The van der Waals surface area contributed by atoms with Crippen molar-refractivity contribution < 1.29 is 0 Å². The minimum Gasteiger partial charge on any atom is -0.245 e. The zero-order valence-corrected chi connectivity index (χ0v) is 11.7. The van der Waals surface area contributed by atoms with Gasteiger partial charge < -0.3 is 0 Å². The molecule has 0 spiro atoms. The first-order valence-electron chi connectivity index (χ1n) is 7.08. The van der Waals surface area contributed by atoms with Crippen molar-refractivity contribution in [3.63, 3.8) is 0 Å². The van der Waals surface area contributed by atoms with E-state index in [1.807, 2.05) is 48.5 Å². The van der Waals surface area contributed by atoms with E-state index >= 15 is 0 Å². The van der Waals surface area contributed by atoms with Crippen LogP contribution in [-0.4, -0.2) is 4.98 Å². The molecule has 104 valence electrons. The number of fused-ring (bicyclic) bond motifs is 2. The van der Waals surface area contributed by atoms with Gasteiger partial charge in [-0.25, -0.2) is 4.98 Å². The van der Waals surface area contributed by atoms with Crippen LogP contribution in [0.4, 0.5) is 5.69 Å². The molecule has 4 rings (SSSR count). The van der Waals surface area contributed by atoms with E-state index in [1.165, 1.54) is 5.39 Å². The smallest absolute Gasteiger partial charge is 0.134 e. The normalized spacial score (nSPS) is 10.9. The predicted octanol–water partition coefficient (Wildman–Crippen LogP) is 5.45. The first-order chi connectivity index (χ1) is 10.9. The molecule has 1 heterocycles. The minimum absolute atomic E-state index is 0.375. The van der Waals surface area contributed by atoms with Crippen molar-refractivity contribution in [3.05, 3.63) is 77.7 Å². The molecule has 22 heavy (non-hydrogen) atoms. The van der Waals surface area contributed by atoms with E-state index in [4.69, 9.17) is 0 Å². The summed E-state index contributed by atoms with van der Waals surface area (Å²) in [4.78, 5) is 15.7. The second-order valence-corrected chi connectivity index (χ2v) is 5.16. The molecule has 3 aromatic carbocycles. The highest BCUT2D eigenvalue weighted by Gasteiger charge is 2.08. The molecule has 0 atom stereocenters. The molecule has 0 aliphatic rings. The van der Waals surface area contributed by atoms with Gasteiger partial charge in [-0.1, -0.05) is 60.7 Å². The van der Waals surface area contributed by atoms with Crippen molar-refractivity contribution in [2.75, 3.05) is 0 Å². The zero-order valence-electron chi connectivity index (χ0n) is 11.7. The Morgan fingerprint density at radius 3 is 2.41 bits per heavy atom. The van der Waals surface area contributed by atoms with Crippen molar-refractivity contribution in [1.82, 2.24) is 4.98 Å². The van der Waals surface area contributed by atoms with Crippen LogP contribution in [-0.2, 0) is 0 Å². The number of aromatic nitrogens is 1. The summed E-state index contributed by atoms with van der Waals surface area (Å²) in [6, 6.07) is 23.8. The van der Waals surface area contributed by atoms with Gasteiger partial charge in [-0.2, -0.15) is 0 Å². The van der Waals surface area contributed by atoms with Crippen LogP contribution in [0.3, 0.4) is 0 Å². The molecule has 3 heteroatoms. The third-order valence-corrected chi connectivity index (χ3v) is 3.86. The molecule has 4 aromatic rings. The lowest BCUT2D eigenvalue weighted by Gasteiger charge is -2.07. The third kappa shape index (κ3) is 1.95. The monoisotopic (exact) mass is 284 g/mol. The molecule has 0 aliphatic carbocycles. The first kappa shape index (κ1) is 12.7. The maximum Gasteiger partial charge on any atom is 0.134 e. The highest BCUT2D eigenvalue weighted by molar-refractivity contribution is 5.98. The Bertz CT molecular complexity index is 1000. The Hall–Kier alpha value is -3.07. The van der Waals surface area contributed by atoms with Crippen molar-refractivity contribution in [3.8, 4) is 11.3 Å². The van der Waals surface area contributed by atoms with Crippen molar-refractivity contribution in [1.29, 1.82) is 0 Å². The summed E-state index contributed by atoms with van der Waals surface area (Å²) < 4.78 is 0. The Kier molecular flexibility index (Phi) is 2.90. The molecular formula is C19H12N2O. The van der Waals surface area contributed by atoms with Gasteiger partial charge in [0.1, 0.15) is 11.2 Å². The van der Waals surface area contributed by atoms with E-state index in [1.54, 1.807) is 6.07 Å². The van der Waals surface area contributed by atoms with Crippen LogP contribution in [0.1, 0.15) is 0 Å². The Morgan fingerprint density at radius 2 is 1.50 bits per heavy atom. The second kappa shape index (κ2) is 5.04. The number of nitrogens with zero attached hydrogens (tertiary/aromatic N) is 2. The number of benzene rings is 3. The van der Waals surface area contributed by atoms with Crippen LogP contribution < -0.4 is 0 Å². The summed E-state index contributed by atoms with van der Waals surface area (Å²) in [6.45, 7) is 0. The number of pyridine rings is 1. The van der Waals surface area contributed by atoms with Crippen molar-refractivity contribution in [2.24, 2.45) is 5.18 Å².